The molecule has 1 unspecified atom stereocenters. The number of nitrogens with zero attached hydrogens (tertiary/aromatic N) is 2. The van der Waals surface area contributed by atoms with E-state index >= 15 is 0 Å². The summed E-state index contributed by atoms with van der Waals surface area (Å²) in [4.78, 5) is 2.57. The van der Waals surface area contributed by atoms with Gasteiger partial charge in [0.15, 0.2) is 0 Å². The van der Waals surface area contributed by atoms with Gasteiger partial charge >= 0.3 is 0 Å². The molecule has 0 aliphatic carbocycles. The van der Waals surface area contributed by atoms with Crippen LogP contribution in [0.3, 0.4) is 0 Å². The zero-order chi connectivity index (χ0) is 14.5. The zero-order valence-corrected chi connectivity index (χ0v) is 14.3. The summed E-state index contributed by atoms with van der Waals surface area (Å²) in [5, 5.41) is 0. The molecule has 110 valence electrons. The first kappa shape index (κ1) is 15.0. The summed E-state index contributed by atoms with van der Waals surface area (Å²) in [6.07, 6.45) is 1.27. The smallest absolute Gasteiger partial charge is 0.0337 e. The van der Waals surface area contributed by atoms with Crippen LogP contribution in [0.25, 0.3) is 0 Å². The highest BCUT2D eigenvalue weighted by Crippen LogP contribution is 2.22. The Bertz CT molecular complexity index is 544. The van der Waals surface area contributed by atoms with Crippen LogP contribution in [0.5, 0.6) is 0 Å². The van der Waals surface area contributed by atoms with E-state index in [2.05, 4.69) is 91.5 Å². The summed E-state index contributed by atoms with van der Waals surface area (Å²) in [6, 6.07) is 22.2. The number of likely N-dealkylation sites (tertiary alicyclic amines) is 1. The van der Waals surface area contributed by atoms with E-state index in [-0.39, 0.29) is 0 Å². The Morgan fingerprint density at radius 2 is 1.57 bits per heavy atom. The van der Waals surface area contributed by atoms with Crippen molar-refractivity contribution in [1.29, 1.82) is 0 Å². The van der Waals surface area contributed by atoms with Crippen molar-refractivity contribution < 1.29 is 0 Å². The molecule has 1 saturated heterocycles. The third-order valence-corrected chi connectivity index (χ3v) is 5.20. The Balaban J connectivity index is 1.52. The molecule has 1 aliphatic heterocycles. The summed E-state index contributed by atoms with van der Waals surface area (Å²) < 4.78 is 2.47. The fourth-order valence-corrected chi connectivity index (χ4v) is 3.76. The first-order chi connectivity index (χ1) is 10.3. The summed E-state index contributed by atoms with van der Waals surface area (Å²) >= 11 is 2.49. The predicted molar refractivity (Wildman–Crippen MR) is 96.1 cm³/mol. The zero-order valence-electron chi connectivity index (χ0n) is 12.2. The molecule has 2 aromatic rings. The minimum atomic E-state index is 0.662. The van der Waals surface area contributed by atoms with Gasteiger partial charge in [-0.2, -0.15) is 0 Å². The molecule has 3 heteroatoms. The lowest BCUT2D eigenvalue weighted by Crippen LogP contribution is -2.30. The van der Waals surface area contributed by atoms with Crippen LogP contribution < -0.4 is 0 Å². The van der Waals surface area contributed by atoms with Crippen LogP contribution in [0.1, 0.15) is 17.5 Å². The molecule has 2 aromatic carbocycles. The van der Waals surface area contributed by atoms with Gasteiger partial charge in [0.1, 0.15) is 0 Å². The van der Waals surface area contributed by atoms with Crippen LogP contribution in [-0.2, 0) is 13.1 Å². The van der Waals surface area contributed by atoms with Crippen LogP contribution in [0, 0.1) is 0 Å². The second-order valence-corrected chi connectivity index (χ2v) is 6.95. The van der Waals surface area contributed by atoms with Gasteiger partial charge in [-0.3, -0.25) is 4.90 Å². The number of halogens is 1. The second-order valence-electron chi connectivity index (χ2n) is 5.71. The molecule has 1 aliphatic rings. The molecule has 21 heavy (non-hydrogen) atoms. The van der Waals surface area contributed by atoms with Gasteiger partial charge < -0.3 is 0 Å². The molecule has 0 spiro atoms. The molecule has 1 fully saturated rings. The van der Waals surface area contributed by atoms with Gasteiger partial charge in [0.25, 0.3) is 0 Å². The molecular formula is C18H21IN2. The van der Waals surface area contributed by atoms with Gasteiger partial charge in [0, 0.05) is 55.1 Å². The fraction of sp³-hybridized carbons (Fsp3) is 0.333. The lowest BCUT2D eigenvalue weighted by Gasteiger charge is -2.22. The fourth-order valence-electron chi connectivity index (χ4n) is 2.91. The number of benzene rings is 2. The first-order valence-corrected chi connectivity index (χ1v) is 8.50. The largest absolute Gasteiger partial charge is 0.297 e. The van der Waals surface area contributed by atoms with Crippen LogP contribution in [0.4, 0.5) is 0 Å². The van der Waals surface area contributed by atoms with Crippen molar-refractivity contribution in [2.45, 2.75) is 25.6 Å². The highest BCUT2D eigenvalue weighted by molar-refractivity contribution is 14.1. The van der Waals surface area contributed by atoms with Gasteiger partial charge in [-0.25, -0.2) is 3.11 Å². The summed E-state index contributed by atoms with van der Waals surface area (Å²) in [6.45, 7) is 4.48. The van der Waals surface area contributed by atoms with Gasteiger partial charge in [-0.15, -0.1) is 0 Å². The van der Waals surface area contributed by atoms with E-state index in [1.165, 1.54) is 30.6 Å². The summed E-state index contributed by atoms with van der Waals surface area (Å²) in [5.74, 6) is 0. The SMILES string of the molecule is IN(Cc1ccccc1)C1CCN(Cc2ccccc2)C1. The van der Waals surface area contributed by atoms with Gasteiger partial charge in [0.05, 0.1) is 0 Å². The van der Waals surface area contributed by atoms with Gasteiger partial charge in [-0.05, 0) is 17.5 Å². The molecule has 3 rings (SSSR count). The maximum absolute atomic E-state index is 2.57. The minimum absolute atomic E-state index is 0.662. The molecule has 0 aromatic heterocycles. The van der Waals surface area contributed by atoms with Crippen molar-refractivity contribution >= 4 is 22.9 Å². The molecule has 0 bridgehead atoms. The highest BCUT2D eigenvalue weighted by atomic mass is 127. The number of hydrogen-bond acceptors (Lipinski definition) is 2. The summed E-state index contributed by atoms with van der Waals surface area (Å²) in [7, 11) is 0. The third-order valence-electron chi connectivity index (χ3n) is 4.07. The van der Waals surface area contributed by atoms with E-state index in [4.69, 9.17) is 0 Å². The van der Waals surface area contributed by atoms with E-state index < -0.39 is 0 Å². The van der Waals surface area contributed by atoms with Gasteiger partial charge in [-0.1, -0.05) is 60.7 Å². The van der Waals surface area contributed by atoms with Crippen molar-refractivity contribution in [3.63, 3.8) is 0 Å². The Kier molecular flexibility index (Phi) is 5.27. The molecule has 0 amide bonds. The van der Waals surface area contributed by atoms with E-state index in [1.54, 1.807) is 0 Å². The molecule has 1 atom stereocenters. The van der Waals surface area contributed by atoms with Crippen molar-refractivity contribution in [1.82, 2.24) is 8.01 Å². The Labute approximate surface area is 141 Å². The number of hydrogen-bond donors (Lipinski definition) is 0. The second kappa shape index (κ2) is 7.38. The molecule has 0 radical (unpaired) electrons. The average molecular weight is 392 g/mol. The molecule has 0 saturated carbocycles. The van der Waals surface area contributed by atoms with Crippen LogP contribution in [0.2, 0.25) is 0 Å². The maximum atomic E-state index is 2.57. The monoisotopic (exact) mass is 392 g/mol. The van der Waals surface area contributed by atoms with E-state index in [0.717, 1.165) is 13.1 Å². The molecule has 1 heterocycles. The van der Waals surface area contributed by atoms with Crippen LogP contribution in [-0.4, -0.2) is 27.1 Å². The Hall–Kier alpha value is -0.910. The third kappa shape index (κ3) is 4.28. The van der Waals surface area contributed by atoms with Crippen molar-refractivity contribution in [2.24, 2.45) is 0 Å². The van der Waals surface area contributed by atoms with Crippen molar-refractivity contribution in [2.75, 3.05) is 13.1 Å². The Morgan fingerprint density at radius 1 is 0.952 bits per heavy atom. The van der Waals surface area contributed by atoms with Crippen LogP contribution >= 0.6 is 22.9 Å². The van der Waals surface area contributed by atoms with Crippen LogP contribution in [0.15, 0.2) is 60.7 Å². The lowest BCUT2D eigenvalue weighted by atomic mass is 10.2. The normalized spacial score (nSPS) is 19.2. The lowest BCUT2D eigenvalue weighted by molar-refractivity contribution is 0.299. The van der Waals surface area contributed by atoms with E-state index in [9.17, 15) is 0 Å². The minimum Gasteiger partial charge on any atom is -0.297 e. The van der Waals surface area contributed by atoms with Crippen molar-refractivity contribution in [3.05, 3.63) is 71.8 Å². The van der Waals surface area contributed by atoms with Gasteiger partial charge in [0.2, 0.25) is 0 Å². The quantitative estimate of drug-likeness (QED) is 0.558. The Morgan fingerprint density at radius 3 is 2.24 bits per heavy atom. The maximum Gasteiger partial charge on any atom is 0.0337 e. The molecule has 0 N–H and O–H groups in total. The topological polar surface area (TPSA) is 6.48 Å². The highest BCUT2D eigenvalue weighted by Gasteiger charge is 2.26. The standard InChI is InChI=1S/C18H21IN2/c19-21(14-17-9-5-2-6-10-17)18-11-12-20(15-18)13-16-7-3-1-4-8-16/h1-10,18H,11-15H2. The van der Waals surface area contributed by atoms with E-state index in [0.29, 0.717) is 6.04 Å². The summed E-state index contributed by atoms with van der Waals surface area (Å²) in [5.41, 5.74) is 2.81. The predicted octanol–water partition coefficient (Wildman–Crippen LogP) is 4.11. The first-order valence-electron chi connectivity index (χ1n) is 7.54. The average Bonchev–Trinajstić information content (AvgIpc) is 2.98. The molecular weight excluding hydrogens is 371 g/mol. The van der Waals surface area contributed by atoms with Crippen molar-refractivity contribution in [3.8, 4) is 0 Å². The number of rotatable bonds is 5. The van der Waals surface area contributed by atoms with E-state index in [1.807, 2.05) is 0 Å². The molecule has 2 nitrogen and oxygen atoms in total.